The number of rotatable bonds is 5. The Kier molecular flexibility index (Phi) is 4.24. The molecular weight excluding hydrogens is 298 g/mol. The summed E-state index contributed by atoms with van der Waals surface area (Å²) >= 11 is 6.32. The van der Waals surface area contributed by atoms with Crippen LogP contribution in [0.1, 0.15) is 25.5 Å². The van der Waals surface area contributed by atoms with Gasteiger partial charge in [0, 0.05) is 18.8 Å². The van der Waals surface area contributed by atoms with Crippen LogP contribution in [0.3, 0.4) is 0 Å². The van der Waals surface area contributed by atoms with E-state index < -0.39 is 0 Å². The lowest BCUT2D eigenvalue weighted by atomic mass is 10.1. The highest BCUT2D eigenvalue weighted by molar-refractivity contribution is 6.32. The molecule has 0 spiro atoms. The van der Waals surface area contributed by atoms with Crippen molar-refractivity contribution in [3.05, 3.63) is 59.7 Å². The molecule has 2 aromatic heterocycles. The SMILES string of the molecule is CC(C)Cc1nc(Cn2ccnc2)n(-c2ccccc2Cl)n1. The maximum atomic E-state index is 6.32. The molecule has 0 bridgehead atoms. The summed E-state index contributed by atoms with van der Waals surface area (Å²) in [6.45, 7) is 4.92. The van der Waals surface area contributed by atoms with Gasteiger partial charge in [0.05, 0.1) is 23.6 Å². The first-order valence-electron chi connectivity index (χ1n) is 7.29. The number of hydrogen-bond acceptors (Lipinski definition) is 3. The van der Waals surface area contributed by atoms with Crippen molar-refractivity contribution in [2.45, 2.75) is 26.8 Å². The van der Waals surface area contributed by atoms with E-state index in [9.17, 15) is 0 Å². The van der Waals surface area contributed by atoms with Gasteiger partial charge < -0.3 is 4.57 Å². The average Bonchev–Trinajstić information content (AvgIpc) is 3.09. The molecule has 3 aromatic rings. The van der Waals surface area contributed by atoms with Crippen LogP contribution in [-0.4, -0.2) is 24.3 Å². The maximum Gasteiger partial charge on any atom is 0.152 e. The highest BCUT2D eigenvalue weighted by Crippen LogP contribution is 2.21. The van der Waals surface area contributed by atoms with Crippen LogP contribution in [0.15, 0.2) is 43.0 Å². The lowest BCUT2D eigenvalue weighted by Gasteiger charge is -2.07. The molecule has 0 amide bonds. The van der Waals surface area contributed by atoms with Gasteiger partial charge in [-0.15, -0.1) is 0 Å². The third kappa shape index (κ3) is 3.20. The first kappa shape index (κ1) is 14.8. The van der Waals surface area contributed by atoms with Crippen LogP contribution in [0, 0.1) is 5.92 Å². The summed E-state index contributed by atoms with van der Waals surface area (Å²) in [7, 11) is 0. The van der Waals surface area contributed by atoms with Crippen molar-refractivity contribution in [2.75, 3.05) is 0 Å². The van der Waals surface area contributed by atoms with Crippen molar-refractivity contribution in [3.8, 4) is 5.69 Å². The standard InChI is InChI=1S/C16H18ClN5/c1-12(2)9-15-19-16(10-21-8-7-18-11-21)22(20-15)14-6-4-3-5-13(14)17/h3-8,11-12H,9-10H2,1-2H3. The molecule has 3 rings (SSSR count). The Bertz CT molecular complexity index is 746. The minimum absolute atomic E-state index is 0.503. The predicted molar refractivity (Wildman–Crippen MR) is 86.2 cm³/mol. The molecule has 0 unspecified atom stereocenters. The summed E-state index contributed by atoms with van der Waals surface area (Å²) in [5.74, 6) is 2.19. The van der Waals surface area contributed by atoms with E-state index in [0.29, 0.717) is 17.5 Å². The Labute approximate surface area is 134 Å². The fourth-order valence-corrected chi connectivity index (χ4v) is 2.52. The van der Waals surface area contributed by atoms with Crippen LogP contribution in [0.4, 0.5) is 0 Å². The summed E-state index contributed by atoms with van der Waals surface area (Å²) in [6, 6.07) is 7.68. The van der Waals surface area contributed by atoms with Crippen molar-refractivity contribution in [1.29, 1.82) is 0 Å². The second-order valence-corrected chi connectivity index (χ2v) is 6.05. The van der Waals surface area contributed by atoms with Crippen LogP contribution >= 0.6 is 11.6 Å². The molecule has 0 N–H and O–H groups in total. The Morgan fingerprint density at radius 3 is 2.73 bits per heavy atom. The Hall–Kier alpha value is -2.14. The van der Waals surface area contributed by atoms with E-state index in [2.05, 4.69) is 28.9 Å². The predicted octanol–water partition coefficient (Wildman–Crippen LogP) is 3.36. The van der Waals surface area contributed by atoms with Crippen molar-refractivity contribution < 1.29 is 0 Å². The lowest BCUT2D eigenvalue weighted by Crippen LogP contribution is -2.07. The molecule has 0 atom stereocenters. The number of aromatic nitrogens is 5. The van der Waals surface area contributed by atoms with Crippen LogP contribution in [0.25, 0.3) is 5.69 Å². The summed E-state index contributed by atoms with van der Waals surface area (Å²) in [5, 5.41) is 5.31. The molecule has 0 aliphatic carbocycles. The molecule has 22 heavy (non-hydrogen) atoms. The summed E-state index contributed by atoms with van der Waals surface area (Å²) in [5.41, 5.74) is 0.849. The van der Waals surface area contributed by atoms with E-state index in [1.54, 1.807) is 12.5 Å². The zero-order valence-corrected chi connectivity index (χ0v) is 13.4. The van der Waals surface area contributed by atoms with Gasteiger partial charge in [0.15, 0.2) is 11.6 Å². The molecule has 5 nitrogen and oxygen atoms in total. The van der Waals surface area contributed by atoms with Gasteiger partial charge in [0.25, 0.3) is 0 Å². The van der Waals surface area contributed by atoms with E-state index in [4.69, 9.17) is 11.6 Å². The van der Waals surface area contributed by atoms with E-state index >= 15 is 0 Å². The number of imidazole rings is 1. The zero-order chi connectivity index (χ0) is 15.5. The number of nitrogens with zero attached hydrogens (tertiary/aromatic N) is 5. The molecule has 1 aromatic carbocycles. The first-order chi connectivity index (χ1) is 10.6. The highest BCUT2D eigenvalue weighted by atomic mass is 35.5. The number of benzene rings is 1. The maximum absolute atomic E-state index is 6.32. The molecule has 0 aliphatic rings. The monoisotopic (exact) mass is 315 g/mol. The summed E-state index contributed by atoms with van der Waals surface area (Å²) < 4.78 is 3.80. The smallest absolute Gasteiger partial charge is 0.152 e. The van der Waals surface area contributed by atoms with Gasteiger partial charge in [-0.1, -0.05) is 37.6 Å². The largest absolute Gasteiger partial charge is 0.330 e. The molecule has 6 heteroatoms. The molecule has 0 fully saturated rings. The Morgan fingerprint density at radius 1 is 1.23 bits per heavy atom. The molecule has 114 valence electrons. The van der Waals surface area contributed by atoms with Crippen LogP contribution < -0.4 is 0 Å². The van der Waals surface area contributed by atoms with E-state index in [1.807, 2.05) is 39.7 Å². The van der Waals surface area contributed by atoms with Gasteiger partial charge in [-0.25, -0.2) is 14.6 Å². The van der Waals surface area contributed by atoms with Crippen LogP contribution in [0.5, 0.6) is 0 Å². The molecule has 0 radical (unpaired) electrons. The highest BCUT2D eigenvalue weighted by Gasteiger charge is 2.15. The Balaban J connectivity index is 2.02. The number of para-hydroxylation sites is 1. The minimum Gasteiger partial charge on any atom is -0.330 e. The van der Waals surface area contributed by atoms with E-state index in [-0.39, 0.29) is 0 Å². The second kappa shape index (κ2) is 6.32. The topological polar surface area (TPSA) is 48.5 Å². The van der Waals surface area contributed by atoms with Gasteiger partial charge in [-0.05, 0) is 18.1 Å². The van der Waals surface area contributed by atoms with E-state index in [0.717, 1.165) is 23.8 Å². The average molecular weight is 316 g/mol. The van der Waals surface area contributed by atoms with Crippen molar-refractivity contribution in [3.63, 3.8) is 0 Å². The summed E-state index contributed by atoms with van der Waals surface area (Å²) in [6.07, 6.45) is 6.28. The van der Waals surface area contributed by atoms with Gasteiger partial charge in [-0.2, -0.15) is 5.10 Å². The van der Waals surface area contributed by atoms with Gasteiger partial charge in [0.1, 0.15) is 0 Å². The molecular formula is C16H18ClN5. The second-order valence-electron chi connectivity index (χ2n) is 5.64. The zero-order valence-electron chi connectivity index (χ0n) is 12.6. The molecule has 0 saturated carbocycles. The van der Waals surface area contributed by atoms with Crippen molar-refractivity contribution in [2.24, 2.45) is 5.92 Å². The number of hydrogen-bond donors (Lipinski definition) is 0. The third-order valence-corrected chi connectivity index (χ3v) is 3.59. The lowest BCUT2D eigenvalue weighted by molar-refractivity contribution is 0.618. The molecule has 0 saturated heterocycles. The summed E-state index contributed by atoms with van der Waals surface area (Å²) in [4.78, 5) is 8.76. The van der Waals surface area contributed by atoms with Crippen LogP contribution in [0.2, 0.25) is 5.02 Å². The Morgan fingerprint density at radius 2 is 2.05 bits per heavy atom. The van der Waals surface area contributed by atoms with E-state index in [1.165, 1.54) is 0 Å². The fraction of sp³-hybridized carbons (Fsp3) is 0.312. The van der Waals surface area contributed by atoms with Gasteiger partial charge in [0.2, 0.25) is 0 Å². The molecule has 0 aliphatic heterocycles. The number of halogens is 1. The quantitative estimate of drug-likeness (QED) is 0.725. The van der Waals surface area contributed by atoms with Crippen molar-refractivity contribution in [1.82, 2.24) is 24.3 Å². The van der Waals surface area contributed by atoms with Gasteiger partial charge >= 0.3 is 0 Å². The van der Waals surface area contributed by atoms with Crippen LogP contribution in [-0.2, 0) is 13.0 Å². The first-order valence-corrected chi connectivity index (χ1v) is 7.66. The minimum atomic E-state index is 0.503. The molecule has 2 heterocycles. The van der Waals surface area contributed by atoms with Crippen molar-refractivity contribution >= 4 is 11.6 Å². The van der Waals surface area contributed by atoms with Gasteiger partial charge in [-0.3, -0.25) is 0 Å². The third-order valence-electron chi connectivity index (χ3n) is 3.27. The normalized spacial score (nSPS) is 11.3. The fourth-order valence-electron chi connectivity index (χ4n) is 2.31.